The van der Waals surface area contributed by atoms with Gasteiger partial charge in [0.25, 0.3) is 0 Å². The van der Waals surface area contributed by atoms with E-state index in [1.165, 1.54) is 6.33 Å². The Hall–Kier alpha value is -2.77. The number of nitro groups is 1. The van der Waals surface area contributed by atoms with Crippen LogP contribution in [0.1, 0.15) is 31.4 Å². The molecule has 2 N–H and O–H groups in total. The summed E-state index contributed by atoms with van der Waals surface area (Å²) in [5.41, 5.74) is 0.665. The summed E-state index contributed by atoms with van der Waals surface area (Å²) in [6.07, 6.45) is 5.60. The second kappa shape index (κ2) is 6.55. The first kappa shape index (κ1) is 15.1. The van der Waals surface area contributed by atoms with Crippen LogP contribution in [0.25, 0.3) is 0 Å². The van der Waals surface area contributed by atoms with Gasteiger partial charge in [-0.05, 0) is 31.9 Å². The van der Waals surface area contributed by atoms with Crippen molar-refractivity contribution >= 4 is 23.1 Å². The molecule has 2 aromatic heterocycles. The average molecular weight is 314 g/mol. The molecule has 120 valence electrons. The van der Waals surface area contributed by atoms with Gasteiger partial charge in [-0.1, -0.05) is 18.9 Å². The SMILES string of the molecule is Cc1cccc(Nc2ncnc(NC3CCCC3)c2[N+](=O)[O-])n1. The lowest BCUT2D eigenvalue weighted by Gasteiger charge is -2.14. The van der Waals surface area contributed by atoms with Crippen LogP contribution in [-0.2, 0) is 0 Å². The standard InChI is InChI=1S/C15H18N6O2/c1-10-5-4-8-12(18-10)20-15-13(21(22)23)14(16-9-17-15)19-11-6-2-3-7-11/h4-5,8-9,11H,2-3,6-7H2,1H3,(H2,16,17,18,19,20). The zero-order valence-corrected chi connectivity index (χ0v) is 12.8. The second-order valence-corrected chi connectivity index (χ2v) is 5.59. The van der Waals surface area contributed by atoms with Crippen LogP contribution in [0, 0.1) is 17.0 Å². The number of pyridine rings is 1. The van der Waals surface area contributed by atoms with E-state index in [0.717, 1.165) is 31.4 Å². The molecular formula is C15H18N6O2. The zero-order valence-electron chi connectivity index (χ0n) is 12.8. The summed E-state index contributed by atoms with van der Waals surface area (Å²) >= 11 is 0. The van der Waals surface area contributed by atoms with Crippen LogP contribution in [0.3, 0.4) is 0 Å². The highest BCUT2D eigenvalue weighted by Gasteiger charge is 2.26. The van der Waals surface area contributed by atoms with Gasteiger partial charge in [-0.2, -0.15) is 0 Å². The van der Waals surface area contributed by atoms with Crippen molar-refractivity contribution in [3.05, 3.63) is 40.3 Å². The highest BCUT2D eigenvalue weighted by atomic mass is 16.6. The van der Waals surface area contributed by atoms with Crippen LogP contribution in [0.15, 0.2) is 24.5 Å². The molecule has 8 nitrogen and oxygen atoms in total. The molecule has 1 aliphatic rings. The first-order chi connectivity index (χ1) is 11.1. The van der Waals surface area contributed by atoms with Gasteiger partial charge in [0, 0.05) is 11.7 Å². The first-order valence-electron chi connectivity index (χ1n) is 7.60. The maximum atomic E-state index is 11.5. The van der Waals surface area contributed by atoms with Crippen molar-refractivity contribution in [1.29, 1.82) is 0 Å². The summed E-state index contributed by atoms with van der Waals surface area (Å²) in [5, 5.41) is 17.6. The molecule has 1 aliphatic carbocycles. The lowest BCUT2D eigenvalue weighted by molar-refractivity contribution is -0.383. The minimum absolute atomic E-state index is 0.142. The quantitative estimate of drug-likeness (QED) is 0.644. The summed E-state index contributed by atoms with van der Waals surface area (Å²) in [7, 11) is 0. The molecule has 0 spiro atoms. The van der Waals surface area contributed by atoms with Gasteiger partial charge < -0.3 is 10.6 Å². The van der Waals surface area contributed by atoms with Crippen molar-refractivity contribution in [2.24, 2.45) is 0 Å². The molecule has 23 heavy (non-hydrogen) atoms. The van der Waals surface area contributed by atoms with Gasteiger partial charge in [0.15, 0.2) is 0 Å². The van der Waals surface area contributed by atoms with E-state index in [2.05, 4.69) is 25.6 Å². The van der Waals surface area contributed by atoms with Crippen molar-refractivity contribution in [3.8, 4) is 0 Å². The molecule has 0 aliphatic heterocycles. The van der Waals surface area contributed by atoms with Gasteiger partial charge in [-0.25, -0.2) is 15.0 Å². The van der Waals surface area contributed by atoms with Gasteiger partial charge in [-0.3, -0.25) is 10.1 Å². The third-order valence-corrected chi connectivity index (χ3v) is 3.84. The molecule has 8 heteroatoms. The van der Waals surface area contributed by atoms with Crippen LogP contribution in [0.4, 0.5) is 23.1 Å². The predicted octanol–water partition coefficient (Wildman–Crippen LogP) is 3.19. The van der Waals surface area contributed by atoms with E-state index < -0.39 is 4.92 Å². The number of hydrogen-bond donors (Lipinski definition) is 2. The second-order valence-electron chi connectivity index (χ2n) is 5.59. The molecule has 0 unspecified atom stereocenters. The minimum atomic E-state index is -0.463. The predicted molar refractivity (Wildman–Crippen MR) is 86.8 cm³/mol. The smallest absolute Gasteiger partial charge is 0.353 e. The van der Waals surface area contributed by atoms with E-state index in [1.54, 1.807) is 6.07 Å². The number of aryl methyl sites for hydroxylation is 1. The number of anilines is 3. The molecule has 3 rings (SSSR count). The Morgan fingerprint density at radius 2 is 1.96 bits per heavy atom. The summed E-state index contributed by atoms with van der Waals surface area (Å²) in [4.78, 5) is 23.4. The Morgan fingerprint density at radius 3 is 2.65 bits per heavy atom. The highest BCUT2D eigenvalue weighted by molar-refractivity contribution is 5.72. The molecule has 0 radical (unpaired) electrons. The van der Waals surface area contributed by atoms with E-state index in [1.807, 2.05) is 19.1 Å². The zero-order chi connectivity index (χ0) is 16.2. The van der Waals surface area contributed by atoms with E-state index >= 15 is 0 Å². The minimum Gasteiger partial charge on any atom is -0.361 e. The van der Waals surface area contributed by atoms with Crippen LogP contribution < -0.4 is 10.6 Å². The monoisotopic (exact) mass is 314 g/mol. The molecule has 2 aromatic rings. The molecule has 0 saturated heterocycles. The maximum Gasteiger partial charge on any atom is 0.353 e. The van der Waals surface area contributed by atoms with E-state index in [9.17, 15) is 10.1 Å². The van der Waals surface area contributed by atoms with E-state index in [4.69, 9.17) is 0 Å². The summed E-state index contributed by atoms with van der Waals surface area (Å²) in [6.45, 7) is 1.85. The van der Waals surface area contributed by atoms with E-state index in [0.29, 0.717) is 5.82 Å². The fourth-order valence-corrected chi connectivity index (χ4v) is 2.75. The van der Waals surface area contributed by atoms with Gasteiger partial charge in [-0.15, -0.1) is 0 Å². The topological polar surface area (TPSA) is 106 Å². The molecule has 0 aromatic carbocycles. The summed E-state index contributed by atoms with van der Waals surface area (Å²) < 4.78 is 0. The van der Waals surface area contributed by atoms with Crippen molar-refractivity contribution in [3.63, 3.8) is 0 Å². The average Bonchev–Trinajstić information content (AvgIpc) is 3.00. The van der Waals surface area contributed by atoms with E-state index in [-0.39, 0.29) is 23.4 Å². The van der Waals surface area contributed by atoms with Gasteiger partial charge in [0.2, 0.25) is 11.6 Å². The molecule has 1 fully saturated rings. The van der Waals surface area contributed by atoms with Gasteiger partial charge in [0.05, 0.1) is 4.92 Å². The Kier molecular flexibility index (Phi) is 4.31. The number of nitrogens with zero attached hydrogens (tertiary/aromatic N) is 4. The third kappa shape index (κ3) is 3.53. The van der Waals surface area contributed by atoms with Crippen molar-refractivity contribution in [2.75, 3.05) is 10.6 Å². The lowest BCUT2D eigenvalue weighted by Crippen LogP contribution is -2.17. The number of rotatable bonds is 5. The number of aromatic nitrogens is 3. The van der Waals surface area contributed by atoms with Crippen molar-refractivity contribution < 1.29 is 4.92 Å². The Morgan fingerprint density at radius 1 is 1.22 bits per heavy atom. The molecule has 0 amide bonds. The molecular weight excluding hydrogens is 296 g/mol. The third-order valence-electron chi connectivity index (χ3n) is 3.84. The normalized spacial score (nSPS) is 14.7. The summed E-state index contributed by atoms with van der Waals surface area (Å²) in [5.74, 6) is 0.911. The molecule has 0 bridgehead atoms. The Balaban J connectivity index is 1.91. The summed E-state index contributed by atoms with van der Waals surface area (Å²) in [6, 6.07) is 5.65. The Labute approximate surface area is 133 Å². The van der Waals surface area contributed by atoms with Crippen LogP contribution in [0.5, 0.6) is 0 Å². The van der Waals surface area contributed by atoms with Crippen LogP contribution >= 0.6 is 0 Å². The fraction of sp³-hybridized carbons (Fsp3) is 0.400. The van der Waals surface area contributed by atoms with Crippen LogP contribution in [-0.4, -0.2) is 25.9 Å². The highest BCUT2D eigenvalue weighted by Crippen LogP contribution is 2.32. The Bertz CT molecular complexity index is 715. The van der Waals surface area contributed by atoms with Crippen LogP contribution in [0.2, 0.25) is 0 Å². The molecule has 2 heterocycles. The van der Waals surface area contributed by atoms with Gasteiger partial charge in [0.1, 0.15) is 12.1 Å². The first-order valence-corrected chi connectivity index (χ1v) is 7.60. The van der Waals surface area contributed by atoms with Crippen molar-refractivity contribution in [1.82, 2.24) is 15.0 Å². The maximum absolute atomic E-state index is 11.5. The molecule has 0 atom stereocenters. The number of nitrogens with one attached hydrogen (secondary N) is 2. The molecule has 1 saturated carbocycles. The van der Waals surface area contributed by atoms with Crippen molar-refractivity contribution in [2.45, 2.75) is 38.6 Å². The fourth-order valence-electron chi connectivity index (χ4n) is 2.75. The largest absolute Gasteiger partial charge is 0.361 e. The van der Waals surface area contributed by atoms with Gasteiger partial charge >= 0.3 is 5.69 Å². The number of hydrogen-bond acceptors (Lipinski definition) is 7. The lowest BCUT2D eigenvalue weighted by atomic mass is 10.2.